The van der Waals surface area contributed by atoms with Crippen molar-refractivity contribution in [3.05, 3.63) is 94.5 Å². The van der Waals surface area contributed by atoms with E-state index >= 15 is 0 Å². The summed E-state index contributed by atoms with van der Waals surface area (Å²) in [5.74, 6) is 12.9. The van der Waals surface area contributed by atoms with Crippen LogP contribution in [0.2, 0.25) is 0 Å². The Labute approximate surface area is 152 Å². The van der Waals surface area contributed by atoms with Crippen LogP contribution in [0.15, 0.2) is 66.7 Å². The average molecular weight is 316 g/mol. The van der Waals surface area contributed by atoms with E-state index < -0.39 is 0 Å². The van der Waals surface area contributed by atoms with E-state index in [-0.39, 0.29) is 0 Å². The second kappa shape index (κ2) is 7.65. The SMILES string of the molecule is Bc1ccc(C#Cc2ccc(C#Cc3ccc(B)cc3)c(C)c2)cc1. The van der Waals surface area contributed by atoms with Crippen LogP contribution in [0.5, 0.6) is 0 Å². The summed E-state index contributed by atoms with van der Waals surface area (Å²) in [6.07, 6.45) is 0. The molecule has 0 atom stereocenters. The van der Waals surface area contributed by atoms with Gasteiger partial charge in [-0.05, 0) is 55.0 Å². The van der Waals surface area contributed by atoms with Gasteiger partial charge < -0.3 is 0 Å². The third-order valence-corrected chi connectivity index (χ3v) is 4.02. The highest BCUT2D eigenvalue weighted by molar-refractivity contribution is 6.32. The molecule has 0 bridgehead atoms. The molecule has 2 heteroatoms. The molecule has 0 fully saturated rings. The van der Waals surface area contributed by atoms with Crippen LogP contribution in [0.1, 0.15) is 27.8 Å². The predicted molar refractivity (Wildman–Crippen MR) is 112 cm³/mol. The van der Waals surface area contributed by atoms with Crippen molar-refractivity contribution >= 4 is 26.6 Å². The van der Waals surface area contributed by atoms with E-state index in [9.17, 15) is 0 Å². The first-order valence-corrected chi connectivity index (χ1v) is 8.38. The van der Waals surface area contributed by atoms with Gasteiger partial charge in [-0.1, -0.05) is 58.9 Å². The first-order valence-electron chi connectivity index (χ1n) is 8.38. The smallest absolute Gasteiger partial charge is 0.0889 e. The molecule has 0 unspecified atom stereocenters. The lowest BCUT2D eigenvalue weighted by atomic mass is 9.95. The van der Waals surface area contributed by atoms with Gasteiger partial charge in [0.05, 0.1) is 0 Å². The monoisotopic (exact) mass is 316 g/mol. The largest absolute Gasteiger partial charge is 0.139 e. The molecule has 0 spiro atoms. The van der Waals surface area contributed by atoms with Gasteiger partial charge in [0.1, 0.15) is 15.7 Å². The molecule has 3 rings (SSSR count). The summed E-state index contributed by atoms with van der Waals surface area (Å²) < 4.78 is 0. The van der Waals surface area contributed by atoms with Crippen molar-refractivity contribution in [1.82, 2.24) is 0 Å². The molecular weight excluding hydrogens is 298 g/mol. The second-order valence-electron chi connectivity index (χ2n) is 6.26. The Bertz CT molecular complexity index is 1010. The number of hydrogen-bond donors (Lipinski definition) is 0. The van der Waals surface area contributed by atoms with Crippen molar-refractivity contribution in [2.45, 2.75) is 6.92 Å². The molecule has 0 heterocycles. The van der Waals surface area contributed by atoms with Crippen LogP contribution in [-0.2, 0) is 0 Å². The van der Waals surface area contributed by atoms with Crippen LogP contribution in [0.4, 0.5) is 0 Å². The Morgan fingerprint density at radius 1 is 0.560 bits per heavy atom. The Kier molecular flexibility index (Phi) is 5.13. The maximum atomic E-state index is 3.26. The molecule has 0 N–H and O–H groups in total. The minimum absolute atomic E-state index is 1.01. The first kappa shape index (κ1) is 16.8. The first-order chi connectivity index (χ1) is 12.1. The fourth-order valence-corrected chi connectivity index (χ4v) is 2.44. The maximum Gasteiger partial charge on any atom is 0.139 e. The molecule has 0 nitrogen and oxygen atoms in total. The van der Waals surface area contributed by atoms with E-state index in [2.05, 4.69) is 107 Å². The number of hydrogen-bond acceptors (Lipinski definition) is 0. The number of rotatable bonds is 0. The summed E-state index contributed by atoms with van der Waals surface area (Å²) in [6.45, 7) is 2.08. The zero-order valence-electron chi connectivity index (χ0n) is 14.9. The molecule has 0 aliphatic carbocycles. The van der Waals surface area contributed by atoms with Gasteiger partial charge in [-0.3, -0.25) is 0 Å². The van der Waals surface area contributed by atoms with Gasteiger partial charge in [-0.2, -0.15) is 0 Å². The van der Waals surface area contributed by atoms with Gasteiger partial charge in [-0.25, -0.2) is 0 Å². The highest BCUT2D eigenvalue weighted by atomic mass is 14.0. The van der Waals surface area contributed by atoms with Crippen molar-refractivity contribution < 1.29 is 0 Å². The minimum atomic E-state index is 1.01. The van der Waals surface area contributed by atoms with Crippen LogP contribution in [0.3, 0.4) is 0 Å². The van der Waals surface area contributed by atoms with Crippen molar-refractivity contribution in [2.24, 2.45) is 0 Å². The van der Waals surface area contributed by atoms with Gasteiger partial charge in [0.15, 0.2) is 0 Å². The van der Waals surface area contributed by atoms with Crippen molar-refractivity contribution in [3.63, 3.8) is 0 Å². The molecule has 0 aliphatic rings. The van der Waals surface area contributed by atoms with E-state index in [1.807, 2.05) is 6.07 Å². The minimum Gasteiger partial charge on any atom is -0.0889 e. The van der Waals surface area contributed by atoms with Gasteiger partial charge in [0.25, 0.3) is 0 Å². The Morgan fingerprint density at radius 3 is 1.52 bits per heavy atom. The van der Waals surface area contributed by atoms with Crippen molar-refractivity contribution in [2.75, 3.05) is 0 Å². The highest BCUT2D eigenvalue weighted by Crippen LogP contribution is 2.10. The zero-order chi connectivity index (χ0) is 17.6. The van der Waals surface area contributed by atoms with Crippen LogP contribution in [0, 0.1) is 30.6 Å². The molecule has 3 aromatic carbocycles. The molecule has 0 saturated carbocycles. The summed E-state index contributed by atoms with van der Waals surface area (Å²) in [7, 11) is 4.16. The fraction of sp³-hybridized carbons (Fsp3) is 0.0435. The molecule has 0 aromatic heterocycles. The van der Waals surface area contributed by atoms with Crippen LogP contribution < -0.4 is 10.9 Å². The van der Waals surface area contributed by atoms with Crippen molar-refractivity contribution in [1.29, 1.82) is 0 Å². The Hall–Kier alpha value is -3.09. The van der Waals surface area contributed by atoms with Crippen LogP contribution in [-0.4, -0.2) is 15.7 Å². The topological polar surface area (TPSA) is 0 Å². The lowest BCUT2D eigenvalue weighted by molar-refractivity contribution is 1.42. The van der Waals surface area contributed by atoms with E-state index in [0.717, 1.165) is 27.8 Å². The summed E-state index contributed by atoms with van der Waals surface area (Å²) in [5, 5.41) is 0. The van der Waals surface area contributed by atoms with Crippen molar-refractivity contribution in [3.8, 4) is 23.7 Å². The van der Waals surface area contributed by atoms with Crippen LogP contribution >= 0.6 is 0 Å². The molecule has 25 heavy (non-hydrogen) atoms. The summed E-state index contributed by atoms with van der Waals surface area (Å²) >= 11 is 0. The average Bonchev–Trinajstić information content (AvgIpc) is 2.62. The fourth-order valence-electron chi connectivity index (χ4n) is 2.44. The molecule has 3 aromatic rings. The summed E-state index contributed by atoms with van der Waals surface area (Å²) in [6, 6.07) is 22.7. The molecule has 0 aliphatic heterocycles. The normalized spacial score (nSPS) is 9.48. The van der Waals surface area contributed by atoms with Gasteiger partial charge in [0.2, 0.25) is 0 Å². The molecule has 0 radical (unpaired) electrons. The van der Waals surface area contributed by atoms with E-state index in [1.165, 1.54) is 10.9 Å². The summed E-state index contributed by atoms with van der Waals surface area (Å²) in [5.41, 5.74) is 7.77. The third-order valence-electron chi connectivity index (χ3n) is 4.02. The predicted octanol–water partition coefficient (Wildman–Crippen LogP) is 1.31. The zero-order valence-corrected chi connectivity index (χ0v) is 14.9. The van der Waals surface area contributed by atoms with Gasteiger partial charge in [-0.15, -0.1) is 0 Å². The maximum absolute atomic E-state index is 3.26. The lowest BCUT2D eigenvalue weighted by Gasteiger charge is -1.99. The standard InChI is InChI=1S/C23H18B2/c1-17-16-20(3-2-18-6-12-22(24)13-7-18)5-11-21(17)10-4-19-8-14-23(25)15-9-19/h5-9,11-16H,24-25H2,1H3. The molecular formula is C23H18B2. The quantitative estimate of drug-likeness (QED) is 0.433. The Balaban J connectivity index is 1.80. The lowest BCUT2D eigenvalue weighted by Crippen LogP contribution is -1.99. The Morgan fingerprint density at radius 2 is 1.00 bits per heavy atom. The van der Waals surface area contributed by atoms with E-state index in [0.29, 0.717) is 0 Å². The van der Waals surface area contributed by atoms with Gasteiger partial charge >= 0.3 is 0 Å². The summed E-state index contributed by atoms with van der Waals surface area (Å²) in [4.78, 5) is 0. The number of benzene rings is 3. The van der Waals surface area contributed by atoms with E-state index in [4.69, 9.17) is 0 Å². The van der Waals surface area contributed by atoms with Crippen LogP contribution in [0.25, 0.3) is 0 Å². The van der Waals surface area contributed by atoms with Gasteiger partial charge in [0, 0.05) is 22.3 Å². The second-order valence-corrected chi connectivity index (χ2v) is 6.26. The van der Waals surface area contributed by atoms with E-state index in [1.54, 1.807) is 0 Å². The number of aryl methyl sites for hydroxylation is 1. The highest BCUT2D eigenvalue weighted by Gasteiger charge is 1.96. The molecule has 0 amide bonds. The third kappa shape index (κ3) is 4.69. The molecule has 0 saturated heterocycles. The molecule has 116 valence electrons.